The number of nitrogen functional groups attached to an aromatic ring is 1. The van der Waals surface area contributed by atoms with Crippen molar-refractivity contribution in [2.45, 2.75) is 39.2 Å². The van der Waals surface area contributed by atoms with E-state index in [1.54, 1.807) is 0 Å². The van der Waals surface area contributed by atoms with Crippen LogP contribution < -0.4 is 5.73 Å². The lowest BCUT2D eigenvalue weighted by atomic mass is 10.2. The molecular weight excluding hydrogens is 314 g/mol. The first-order valence-corrected chi connectivity index (χ1v) is 9.18. The molecule has 6 heteroatoms. The van der Waals surface area contributed by atoms with E-state index in [1.165, 1.54) is 0 Å². The van der Waals surface area contributed by atoms with Gasteiger partial charge in [0.15, 0.2) is 0 Å². The second-order valence-corrected chi connectivity index (χ2v) is 6.66. The lowest BCUT2D eigenvalue weighted by Gasteiger charge is -2.34. The fourth-order valence-corrected chi connectivity index (χ4v) is 3.26. The van der Waals surface area contributed by atoms with E-state index in [0.29, 0.717) is 24.7 Å². The van der Waals surface area contributed by atoms with Crippen molar-refractivity contribution >= 4 is 22.6 Å². The first kappa shape index (κ1) is 17.6. The number of carbonyl (C=O) groups is 1. The molecule has 2 heterocycles. The number of anilines is 1. The fourth-order valence-electron chi connectivity index (χ4n) is 3.26. The van der Waals surface area contributed by atoms with E-state index in [1.807, 2.05) is 29.2 Å². The zero-order chi connectivity index (χ0) is 17.6. The Balaban J connectivity index is 1.55. The first-order chi connectivity index (χ1) is 12.2. The van der Waals surface area contributed by atoms with Crippen LogP contribution in [0.5, 0.6) is 0 Å². The van der Waals surface area contributed by atoms with Gasteiger partial charge in [-0.25, -0.2) is 9.97 Å². The number of hydrogen-bond donors (Lipinski definition) is 1. The van der Waals surface area contributed by atoms with E-state index in [0.717, 1.165) is 62.2 Å². The van der Waals surface area contributed by atoms with Crippen LogP contribution in [0.2, 0.25) is 0 Å². The molecule has 0 bridgehead atoms. The molecule has 2 aromatic rings. The third-order valence-electron chi connectivity index (χ3n) is 4.76. The van der Waals surface area contributed by atoms with Gasteiger partial charge >= 0.3 is 0 Å². The summed E-state index contributed by atoms with van der Waals surface area (Å²) in [7, 11) is 0. The number of fused-ring (bicyclic) bond motifs is 1. The van der Waals surface area contributed by atoms with Crippen LogP contribution in [-0.4, -0.2) is 51.9 Å². The van der Waals surface area contributed by atoms with E-state index in [-0.39, 0.29) is 0 Å². The molecule has 1 aromatic carbocycles. The van der Waals surface area contributed by atoms with E-state index in [4.69, 9.17) is 5.73 Å². The van der Waals surface area contributed by atoms with Gasteiger partial charge in [0.25, 0.3) is 0 Å². The lowest BCUT2D eigenvalue weighted by molar-refractivity contribution is -0.133. The molecule has 0 spiro atoms. The SMILES string of the molecule is CCCCCC(=O)N1CCN(Cc2nc(N)c3ccccc3n2)CC1. The Kier molecular flexibility index (Phi) is 5.81. The summed E-state index contributed by atoms with van der Waals surface area (Å²) >= 11 is 0. The summed E-state index contributed by atoms with van der Waals surface area (Å²) < 4.78 is 0. The Morgan fingerprint density at radius 3 is 2.64 bits per heavy atom. The summed E-state index contributed by atoms with van der Waals surface area (Å²) in [6.07, 6.45) is 3.96. The van der Waals surface area contributed by atoms with Crippen LogP contribution in [0.3, 0.4) is 0 Å². The van der Waals surface area contributed by atoms with E-state index in [9.17, 15) is 4.79 Å². The number of piperazine rings is 1. The number of amides is 1. The standard InChI is InChI=1S/C19H27N5O/c1-2-3-4-9-18(25)24-12-10-23(11-13-24)14-17-21-16-8-6-5-7-15(16)19(20)22-17/h5-8H,2-4,9-14H2,1H3,(H2,20,21,22). The van der Waals surface area contributed by atoms with Crippen LogP contribution in [0.25, 0.3) is 10.9 Å². The minimum Gasteiger partial charge on any atom is -0.383 e. The molecule has 0 unspecified atom stereocenters. The first-order valence-electron chi connectivity index (χ1n) is 9.18. The van der Waals surface area contributed by atoms with Crippen LogP contribution in [0, 0.1) is 0 Å². The smallest absolute Gasteiger partial charge is 0.222 e. The Bertz CT molecular complexity index is 725. The molecular formula is C19H27N5O. The molecule has 0 atom stereocenters. The number of carbonyl (C=O) groups excluding carboxylic acids is 1. The van der Waals surface area contributed by atoms with Crippen molar-refractivity contribution < 1.29 is 4.79 Å². The number of hydrogen-bond acceptors (Lipinski definition) is 5. The van der Waals surface area contributed by atoms with E-state index < -0.39 is 0 Å². The van der Waals surface area contributed by atoms with Crippen LogP contribution in [0.15, 0.2) is 24.3 Å². The molecule has 134 valence electrons. The minimum atomic E-state index is 0.291. The van der Waals surface area contributed by atoms with Gasteiger partial charge < -0.3 is 10.6 Å². The van der Waals surface area contributed by atoms with Crippen molar-refractivity contribution in [3.05, 3.63) is 30.1 Å². The molecule has 2 N–H and O–H groups in total. The average molecular weight is 341 g/mol. The quantitative estimate of drug-likeness (QED) is 0.817. The van der Waals surface area contributed by atoms with Crippen molar-refractivity contribution in [3.63, 3.8) is 0 Å². The van der Waals surface area contributed by atoms with Gasteiger partial charge in [0.1, 0.15) is 11.6 Å². The second-order valence-electron chi connectivity index (χ2n) is 6.66. The van der Waals surface area contributed by atoms with Crippen LogP contribution in [0.4, 0.5) is 5.82 Å². The highest BCUT2D eigenvalue weighted by atomic mass is 16.2. The van der Waals surface area contributed by atoms with Gasteiger partial charge in [0, 0.05) is 38.0 Å². The number of nitrogens with zero attached hydrogens (tertiary/aromatic N) is 4. The number of unbranched alkanes of at least 4 members (excludes halogenated alkanes) is 2. The summed E-state index contributed by atoms with van der Waals surface area (Å²) in [5, 5.41) is 0.897. The lowest BCUT2D eigenvalue weighted by Crippen LogP contribution is -2.48. The highest BCUT2D eigenvalue weighted by Crippen LogP contribution is 2.18. The van der Waals surface area contributed by atoms with Gasteiger partial charge in [0.05, 0.1) is 12.1 Å². The summed E-state index contributed by atoms with van der Waals surface area (Å²) in [5.74, 6) is 1.57. The topological polar surface area (TPSA) is 75.4 Å². The molecule has 0 radical (unpaired) electrons. The molecule has 1 amide bonds. The summed E-state index contributed by atoms with van der Waals surface area (Å²) in [6, 6.07) is 7.81. The Hall–Kier alpha value is -2.21. The maximum atomic E-state index is 12.2. The van der Waals surface area contributed by atoms with Crippen molar-refractivity contribution in [2.75, 3.05) is 31.9 Å². The molecule has 25 heavy (non-hydrogen) atoms. The third-order valence-corrected chi connectivity index (χ3v) is 4.76. The maximum Gasteiger partial charge on any atom is 0.222 e. The van der Waals surface area contributed by atoms with Crippen molar-refractivity contribution in [2.24, 2.45) is 0 Å². The number of rotatable bonds is 6. The Labute approximate surface area is 149 Å². The van der Waals surface area contributed by atoms with Gasteiger partial charge in [-0.3, -0.25) is 9.69 Å². The summed E-state index contributed by atoms with van der Waals surface area (Å²) in [4.78, 5) is 25.5. The highest BCUT2D eigenvalue weighted by Gasteiger charge is 2.21. The largest absolute Gasteiger partial charge is 0.383 e. The van der Waals surface area contributed by atoms with Gasteiger partial charge in [-0.1, -0.05) is 31.9 Å². The molecule has 1 aromatic heterocycles. The molecule has 0 saturated carbocycles. The summed E-state index contributed by atoms with van der Waals surface area (Å²) in [5.41, 5.74) is 6.94. The third kappa shape index (κ3) is 4.45. The number of aromatic nitrogens is 2. The molecule has 1 saturated heterocycles. The van der Waals surface area contributed by atoms with E-state index >= 15 is 0 Å². The molecule has 6 nitrogen and oxygen atoms in total. The number of nitrogens with two attached hydrogens (primary N) is 1. The molecule has 1 aliphatic rings. The normalized spacial score (nSPS) is 15.6. The average Bonchev–Trinajstić information content (AvgIpc) is 2.62. The number of para-hydroxylation sites is 1. The monoisotopic (exact) mass is 341 g/mol. The van der Waals surface area contributed by atoms with Crippen molar-refractivity contribution in [1.82, 2.24) is 19.8 Å². The fraction of sp³-hybridized carbons (Fsp3) is 0.526. The molecule has 1 aliphatic heterocycles. The zero-order valence-corrected chi connectivity index (χ0v) is 14.9. The molecule has 0 aliphatic carbocycles. The zero-order valence-electron chi connectivity index (χ0n) is 14.9. The van der Waals surface area contributed by atoms with Gasteiger partial charge in [0.2, 0.25) is 5.91 Å². The van der Waals surface area contributed by atoms with E-state index in [2.05, 4.69) is 21.8 Å². The molecule has 3 rings (SSSR count). The molecule has 1 fully saturated rings. The second kappa shape index (κ2) is 8.25. The van der Waals surface area contributed by atoms with Gasteiger partial charge in [-0.05, 0) is 18.6 Å². The predicted molar refractivity (Wildman–Crippen MR) is 99.9 cm³/mol. The van der Waals surface area contributed by atoms with Crippen LogP contribution in [0.1, 0.15) is 38.4 Å². The Morgan fingerprint density at radius 1 is 1.12 bits per heavy atom. The summed E-state index contributed by atoms with van der Waals surface area (Å²) in [6.45, 7) is 6.12. The van der Waals surface area contributed by atoms with Crippen molar-refractivity contribution in [1.29, 1.82) is 0 Å². The van der Waals surface area contributed by atoms with Gasteiger partial charge in [-0.2, -0.15) is 0 Å². The number of benzene rings is 1. The van der Waals surface area contributed by atoms with Crippen LogP contribution in [-0.2, 0) is 11.3 Å². The maximum absolute atomic E-state index is 12.2. The highest BCUT2D eigenvalue weighted by molar-refractivity contribution is 5.87. The van der Waals surface area contributed by atoms with Gasteiger partial charge in [-0.15, -0.1) is 0 Å². The van der Waals surface area contributed by atoms with Crippen LogP contribution >= 0.6 is 0 Å². The Morgan fingerprint density at radius 2 is 1.88 bits per heavy atom. The predicted octanol–water partition coefficient (Wildman–Crippen LogP) is 2.44. The minimum absolute atomic E-state index is 0.291. The van der Waals surface area contributed by atoms with Crippen molar-refractivity contribution in [3.8, 4) is 0 Å².